The first-order valence-corrected chi connectivity index (χ1v) is 5.42. The standard InChI is InChI=1S/C13H14O4/c1-16-13(15)7-9-2-3-12-10(6-9)8-11(17-12)4-5-14/h2-3,6,8,14H,4-5,7H2,1H3. The molecule has 0 atom stereocenters. The van der Waals surface area contributed by atoms with Gasteiger partial charge in [-0.05, 0) is 23.8 Å². The molecule has 0 saturated heterocycles. The highest BCUT2D eigenvalue weighted by molar-refractivity contribution is 5.81. The molecule has 1 aromatic heterocycles. The van der Waals surface area contributed by atoms with Gasteiger partial charge in [-0.15, -0.1) is 0 Å². The molecular weight excluding hydrogens is 220 g/mol. The molecule has 0 unspecified atom stereocenters. The van der Waals surface area contributed by atoms with Crippen LogP contribution in [0.5, 0.6) is 0 Å². The highest BCUT2D eigenvalue weighted by atomic mass is 16.5. The number of carbonyl (C=O) groups excluding carboxylic acids is 1. The topological polar surface area (TPSA) is 59.7 Å². The molecule has 1 N–H and O–H groups in total. The van der Waals surface area contributed by atoms with Crippen LogP contribution in [0.4, 0.5) is 0 Å². The largest absolute Gasteiger partial charge is 0.469 e. The van der Waals surface area contributed by atoms with Crippen LogP contribution in [-0.4, -0.2) is 24.8 Å². The number of methoxy groups -OCH3 is 1. The second-order valence-corrected chi connectivity index (χ2v) is 3.81. The smallest absolute Gasteiger partial charge is 0.309 e. The Hall–Kier alpha value is -1.81. The maximum absolute atomic E-state index is 11.1. The number of furan rings is 1. The molecular formula is C13H14O4. The fourth-order valence-electron chi connectivity index (χ4n) is 1.73. The van der Waals surface area contributed by atoms with Crippen molar-refractivity contribution in [2.45, 2.75) is 12.8 Å². The molecule has 0 aliphatic heterocycles. The Bertz CT molecular complexity index is 527. The van der Waals surface area contributed by atoms with Crippen LogP contribution in [0.1, 0.15) is 11.3 Å². The second kappa shape index (κ2) is 5.01. The molecule has 1 heterocycles. The summed E-state index contributed by atoms with van der Waals surface area (Å²) in [6.45, 7) is 0.0643. The summed E-state index contributed by atoms with van der Waals surface area (Å²) in [5.41, 5.74) is 1.66. The summed E-state index contributed by atoms with van der Waals surface area (Å²) in [6.07, 6.45) is 0.758. The van der Waals surface area contributed by atoms with E-state index in [0.717, 1.165) is 22.3 Å². The second-order valence-electron chi connectivity index (χ2n) is 3.81. The molecule has 0 saturated carbocycles. The molecule has 0 aliphatic carbocycles. The van der Waals surface area contributed by atoms with Gasteiger partial charge in [-0.25, -0.2) is 0 Å². The number of ether oxygens (including phenoxy) is 1. The van der Waals surface area contributed by atoms with Crippen molar-refractivity contribution in [1.29, 1.82) is 0 Å². The summed E-state index contributed by atoms with van der Waals surface area (Å²) in [5.74, 6) is 0.487. The molecule has 0 fully saturated rings. The van der Waals surface area contributed by atoms with Gasteiger partial charge >= 0.3 is 5.97 Å². The molecule has 2 rings (SSSR count). The zero-order chi connectivity index (χ0) is 12.3. The number of rotatable bonds is 4. The SMILES string of the molecule is COC(=O)Cc1ccc2oc(CCO)cc2c1. The zero-order valence-corrected chi connectivity index (χ0v) is 9.60. The number of benzene rings is 1. The first kappa shape index (κ1) is 11.7. The Labute approximate surface area is 98.8 Å². The highest BCUT2D eigenvalue weighted by Crippen LogP contribution is 2.21. The predicted octanol–water partition coefficient (Wildman–Crippen LogP) is 1.68. The zero-order valence-electron chi connectivity index (χ0n) is 9.60. The molecule has 1 aromatic carbocycles. The fraction of sp³-hybridized carbons (Fsp3) is 0.308. The lowest BCUT2D eigenvalue weighted by Crippen LogP contribution is -2.03. The van der Waals surface area contributed by atoms with Crippen molar-refractivity contribution in [1.82, 2.24) is 0 Å². The summed E-state index contributed by atoms with van der Waals surface area (Å²) < 4.78 is 10.1. The van der Waals surface area contributed by atoms with Gasteiger partial charge in [0.1, 0.15) is 11.3 Å². The Morgan fingerprint density at radius 2 is 2.24 bits per heavy atom. The molecule has 0 aliphatic rings. The van der Waals surface area contributed by atoms with E-state index in [9.17, 15) is 4.79 Å². The highest BCUT2D eigenvalue weighted by Gasteiger charge is 2.07. The molecule has 0 amide bonds. The third-order valence-corrected chi connectivity index (χ3v) is 2.57. The molecule has 2 aromatic rings. The lowest BCUT2D eigenvalue weighted by molar-refractivity contribution is -0.139. The van der Waals surface area contributed by atoms with Crippen LogP contribution >= 0.6 is 0 Å². The minimum absolute atomic E-state index is 0.0643. The van der Waals surface area contributed by atoms with Gasteiger partial charge in [-0.2, -0.15) is 0 Å². The van der Waals surface area contributed by atoms with Crippen LogP contribution in [0.25, 0.3) is 11.0 Å². The van der Waals surface area contributed by atoms with Crippen molar-refractivity contribution in [3.05, 3.63) is 35.6 Å². The molecule has 0 spiro atoms. The maximum Gasteiger partial charge on any atom is 0.309 e. The van der Waals surface area contributed by atoms with Crippen molar-refractivity contribution in [2.75, 3.05) is 13.7 Å². The van der Waals surface area contributed by atoms with E-state index in [2.05, 4.69) is 4.74 Å². The van der Waals surface area contributed by atoms with Crippen LogP contribution < -0.4 is 0 Å². The average Bonchev–Trinajstić information content (AvgIpc) is 2.71. The predicted molar refractivity (Wildman–Crippen MR) is 62.7 cm³/mol. The third-order valence-electron chi connectivity index (χ3n) is 2.57. The molecule has 17 heavy (non-hydrogen) atoms. The Balaban J connectivity index is 2.26. The maximum atomic E-state index is 11.1. The minimum Gasteiger partial charge on any atom is -0.469 e. The van der Waals surface area contributed by atoms with Crippen LogP contribution in [0.3, 0.4) is 0 Å². The number of aliphatic hydroxyl groups is 1. The van der Waals surface area contributed by atoms with Gasteiger partial charge in [-0.1, -0.05) is 6.07 Å². The third kappa shape index (κ3) is 2.65. The van der Waals surface area contributed by atoms with Crippen molar-refractivity contribution in [3.63, 3.8) is 0 Å². The van der Waals surface area contributed by atoms with Gasteiger partial charge in [0, 0.05) is 11.8 Å². The Morgan fingerprint density at radius 1 is 1.41 bits per heavy atom. The van der Waals surface area contributed by atoms with Crippen LogP contribution in [-0.2, 0) is 22.4 Å². The summed E-state index contributed by atoms with van der Waals surface area (Å²) in [5, 5.41) is 9.77. The number of carbonyl (C=O) groups is 1. The monoisotopic (exact) mass is 234 g/mol. The normalized spacial score (nSPS) is 10.7. The Morgan fingerprint density at radius 3 is 2.94 bits per heavy atom. The minimum atomic E-state index is -0.261. The number of esters is 1. The number of hydrogen-bond donors (Lipinski definition) is 1. The van der Waals surface area contributed by atoms with E-state index in [0.29, 0.717) is 6.42 Å². The number of aliphatic hydroxyl groups excluding tert-OH is 1. The van der Waals surface area contributed by atoms with E-state index in [1.165, 1.54) is 7.11 Å². The molecule has 0 bridgehead atoms. The lowest BCUT2D eigenvalue weighted by atomic mass is 10.1. The average molecular weight is 234 g/mol. The van der Waals surface area contributed by atoms with Gasteiger partial charge < -0.3 is 14.3 Å². The van der Waals surface area contributed by atoms with E-state index in [-0.39, 0.29) is 19.0 Å². The summed E-state index contributed by atoms with van der Waals surface area (Å²) >= 11 is 0. The van der Waals surface area contributed by atoms with Crippen molar-refractivity contribution < 1.29 is 19.1 Å². The number of fused-ring (bicyclic) bond motifs is 1. The summed E-state index contributed by atoms with van der Waals surface area (Å²) in [4.78, 5) is 11.1. The fourth-order valence-corrected chi connectivity index (χ4v) is 1.73. The van der Waals surface area contributed by atoms with Crippen LogP contribution in [0, 0.1) is 0 Å². The number of hydrogen-bond acceptors (Lipinski definition) is 4. The van der Waals surface area contributed by atoms with Crippen LogP contribution in [0.2, 0.25) is 0 Å². The van der Waals surface area contributed by atoms with E-state index in [4.69, 9.17) is 9.52 Å². The van der Waals surface area contributed by atoms with Crippen molar-refractivity contribution >= 4 is 16.9 Å². The van der Waals surface area contributed by atoms with E-state index >= 15 is 0 Å². The summed E-state index contributed by atoms with van der Waals surface area (Å²) in [7, 11) is 1.37. The van der Waals surface area contributed by atoms with Gasteiger partial charge in [0.05, 0.1) is 20.1 Å². The molecule has 4 nitrogen and oxygen atoms in total. The van der Waals surface area contributed by atoms with E-state index < -0.39 is 0 Å². The van der Waals surface area contributed by atoms with E-state index in [1.54, 1.807) is 0 Å². The first-order chi connectivity index (χ1) is 8.22. The van der Waals surface area contributed by atoms with Gasteiger partial charge in [0.25, 0.3) is 0 Å². The lowest BCUT2D eigenvalue weighted by Gasteiger charge is -1.99. The molecule has 0 radical (unpaired) electrons. The quantitative estimate of drug-likeness (QED) is 0.818. The summed E-state index contributed by atoms with van der Waals surface area (Å²) in [6, 6.07) is 7.45. The van der Waals surface area contributed by atoms with Gasteiger partial charge in [0.2, 0.25) is 0 Å². The van der Waals surface area contributed by atoms with Crippen molar-refractivity contribution in [3.8, 4) is 0 Å². The van der Waals surface area contributed by atoms with E-state index in [1.807, 2.05) is 24.3 Å². The molecule has 90 valence electrons. The van der Waals surface area contributed by atoms with Gasteiger partial charge in [0.15, 0.2) is 0 Å². The van der Waals surface area contributed by atoms with Crippen LogP contribution in [0.15, 0.2) is 28.7 Å². The first-order valence-electron chi connectivity index (χ1n) is 5.42. The van der Waals surface area contributed by atoms with Gasteiger partial charge in [-0.3, -0.25) is 4.79 Å². The van der Waals surface area contributed by atoms with Crippen molar-refractivity contribution in [2.24, 2.45) is 0 Å². The molecule has 4 heteroatoms. The Kier molecular flexibility index (Phi) is 3.44.